The highest BCUT2D eigenvalue weighted by Gasteiger charge is 2.32. The highest BCUT2D eigenvalue weighted by Crippen LogP contribution is 2.25. The number of carbonyl (C=O) groups is 1. The summed E-state index contributed by atoms with van der Waals surface area (Å²) < 4.78 is 26.9. The van der Waals surface area contributed by atoms with E-state index in [1.807, 2.05) is 0 Å². The van der Waals surface area contributed by atoms with E-state index >= 15 is 0 Å². The third kappa shape index (κ3) is 4.83. The van der Waals surface area contributed by atoms with Crippen molar-refractivity contribution in [1.29, 1.82) is 0 Å². The Kier molecular flexibility index (Phi) is 6.78. The van der Waals surface area contributed by atoms with E-state index in [2.05, 4.69) is 17.1 Å². The molecule has 0 aromatic heterocycles. The Bertz CT molecular complexity index is 746. The van der Waals surface area contributed by atoms with Crippen molar-refractivity contribution in [2.45, 2.75) is 43.5 Å². The second kappa shape index (κ2) is 8.90. The summed E-state index contributed by atoms with van der Waals surface area (Å²) in [6.45, 7) is 5.70. The Morgan fingerprint density at radius 3 is 2.44 bits per heavy atom. The molecule has 1 amide bonds. The first-order chi connectivity index (χ1) is 12.9. The van der Waals surface area contributed by atoms with Crippen LogP contribution in [0.1, 0.15) is 32.6 Å². The van der Waals surface area contributed by atoms with Crippen molar-refractivity contribution in [1.82, 2.24) is 14.5 Å². The van der Waals surface area contributed by atoms with Crippen molar-refractivity contribution in [3.05, 3.63) is 29.3 Å². The van der Waals surface area contributed by atoms with Gasteiger partial charge in [0.05, 0.1) is 4.90 Å². The Labute approximate surface area is 166 Å². The van der Waals surface area contributed by atoms with Gasteiger partial charge in [0.2, 0.25) is 15.9 Å². The third-order valence-corrected chi connectivity index (χ3v) is 7.86. The van der Waals surface area contributed by atoms with Gasteiger partial charge >= 0.3 is 0 Å². The molecule has 1 aromatic rings. The number of benzene rings is 1. The molecule has 1 N–H and O–H groups in total. The van der Waals surface area contributed by atoms with Crippen LogP contribution in [0.25, 0.3) is 0 Å². The van der Waals surface area contributed by atoms with Crippen LogP contribution in [0.15, 0.2) is 29.2 Å². The largest absolute Gasteiger partial charge is 0.354 e. The number of carbonyl (C=O) groups excluding carboxylic acids is 1. The van der Waals surface area contributed by atoms with Gasteiger partial charge in [-0.1, -0.05) is 18.5 Å². The Balaban J connectivity index is 1.50. The monoisotopic (exact) mass is 413 g/mol. The molecule has 2 aliphatic heterocycles. The minimum Gasteiger partial charge on any atom is -0.354 e. The predicted molar refractivity (Wildman–Crippen MR) is 106 cm³/mol. The number of hydrogen-bond donors (Lipinski definition) is 1. The lowest BCUT2D eigenvalue weighted by Gasteiger charge is -2.31. The fourth-order valence-electron chi connectivity index (χ4n) is 4.02. The number of rotatable bonds is 6. The van der Waals surface area contributed by atoms with Crippen molar-refractivity contribution in [3.8, 4) is 0 Å². The fraction of sp³-hybridized carbons (Fsp3) is 0.632. The maximum absolute atomic E-state index is 12.7. The lowest BCUT2D eigenvalue weighted by atomic mass is 9.97. The summed E-state index contributed by atoms with van der Waals surface area (Å²) >= 11 is 5.84. The second-order valence-electron chi connectivity index (χ2n) is 7.30. The number of sulfonamides is 1. The van der Waals surface area contributed by atoms with Crippen molar-refractivity contribution in [3.63, 3.8) is 0 Å². The van der Waals surface area contributed by atoms with Crippen LogP contribution in [0.4, 0.5) is 0 Å². The summed E-state index contributed by atoms with van der Waals surface area (Å²) in [4.78, 5) is 15.2. The lowest BCUT2D eigenvalue weighted by molar-refractivity contribution is -0.126. The molecule has 0 aliphatic carbocycles. The van der Waals surface area contributed by atoms with Crippen LogP contribution < -0.4 is 5.32 Å². The molecule has 2 aliphatic rings. The topological polar surface area (TPSA) is 69.7 Å². The number of likely N-dealkylation sites (tertiary alicyclic amines) is 1. The number of nitrogens with one attached hydrogen (secondary N) is 1. The molecular weight excluding hydrogens is 386 g/mol. The van der Waals surface area contributed by atoms with Gasteiger partial charge in [-0.3, -0.25) is 9.69 Å². The molecule has 1 atom stereocenters. The van der Waals surface area contributed by atoms with Gasteiger partial charge < -0.3 is 5.32 Å². The van der Waals surface area contributed by atoms with E-state index in [0.717, 1.165) is 19.5 Å². The van der Waals surface area contributed by atoms with E-state index in [9.17, 15) is 13.2 Å². The lowest BCUT2D eigenvalue weighted by Crippen LogP contribution is -2.45. The highest BCUT2D eigenvalue weighted by atomic mass is 35.5. The minimum atomic E-state index is -3.53. The van der Waals surface area contributed by atoms with Crippen molar-refractivity contribution in [2.75, 3.05) is 32.7 Å². The zero-order valence-electron chi connectivity index (χ0n) is 15.7. The number of piperidine rings is 1. The summed E-state index contributed by atoms with van der Waals surface area (Å²) in [7, 11) is -3.53. The third-order valence-electron chi connectivity index (χ3n) is 5.69. The van der Waals surface area contributed by atoms with E-state index in [1.165, 1.54) is 22.9 Å². The highest BCUT2D eigenvalue weighted by molar-refractivity contribution is 7.89. The zero-order chi connectivity index (χ0) is 19.4. The Hall–Kier alpha value is -1.15. The van der Waals surface area contributed by atoms with E-state index in [-0.39, 0.29) is 16.7 Å². The van der Waals surface area contributed by atoms with Gasteiger partial charge in [-0.2, -0.15) is 4.31 Å². The number of likely N-dealkylation sites (N-methyl/N-ethyl adjacent to an activating group) is 1. The first-order valence-electron chi connectivity index (χ1n) is 9.69. The van der Waals surface area contributed by atoms with E-state index in [4.69, 9.17) is 11.6 Å². The fourth-order valence-corrected chi connectivity index (χ4v) is 5.62. The first kappa shape index (κ1) is 20.6. The number of nitrogens with zero attached hydrogens (tertiary/aromatic N) is 2. The summed E-state index contributed by atoms with van der Waals surface area (Å²) in [5.74, 6) is -0.0559. The molecule has 1 aromatic carbocycles. The normalized spacial score (nSPS) is 22.8. The number of hydrogen-bond acceptors (Lipinski definition) is 4. The average molecular weight is 414 g/mol. The maximum Gasteiger partial charge on any atom is 0.243 e. The van der Waals surface area contributed by atoms with Gasteiger partial charge in [0.1, 0.15) is 0 Å². The quantitative estimate of drug-likeness (QED) is 0.777. The standard InChI is InChI=1S/C19H28ClN3O3S/c1-2-22-11-3-4-17(22)14-21-19(24)15-9-12-23(13-10-15)27(25,26)18-7-5-16(20)6-8-18/h5-8,15,17H,2-4,9-14H2,1H3,(H,21,24)/t17-/m0/s1. The summed E-state index contributed by atoms with van der Waals surface area (Å²) in [5, 5.41) is 3.59. The predicted octanol–water partition coefficient (Wildman–Crippen LogP) is 2.34. The van der Waals surface area contributed by atoms with Crippen molar-refractivity contribution in [2.24, 2.45) is 5.92 Å². The smallest absolute Gasteiger partial charge is 0.243 e. The summed E-state index contributed by atoms with van der Waals surface area (Å²) in [6, 6.07) is 6.65. The van der Waals surface area contributed by atoms with Crippen LogP contribution in [-0.4, -0.2) is 62.3 Å². The SMILES string of the molecule is CCN1CCC[C@H]1CNC(=O)C1CCN(S(=O)(=O)c2ccc(Cl)cc2)CC1. The molecule has 2 saturated heterocycles. The second-order valence-corrected chi connectivity index (χ2v) is 9.68. The molecular formula is C19H28ClN3O3S. The van der Waals surface area contributed by atoms with Crippen LogP contribution >= 0.6 is 11.6 Å². The van der Waals surface area contributed by atoms with Crippen molar-refractivity contribution >= 4 is 27.5 Å². The maximum atomic E-state index is 12.7. The van der Waals surface area contributed by atoms with Gasteiger partial charge in [-0.25, -0.2) is 8.42 Å². The van der Waals surface area contributed by atoms with E-state index < -0.39 is 10.0 Å². The van der Waals surface area contributed by atoms with Gasteiger partial charge in [0, 0.05) is 36.6 Å². The van der Waals surface area contributed by atoms with Crippen LogP contribution in [0.5, 0.6) is 0 Å². The molecule has 0 saturated carbocycles. The molecule has 2 fully saturated rings. The minimum absolute atomic E-state index is 0.0569. The van der Waals surface area contributed by atoms with Crippen LogP contribution in [0.3, 0.4) is 0 Å². The zero-order valence-corrected chi connectivity index (χ0v) is 17.3. The Morgan fingerprint density at radius 1 is 1.15 bits per heavy atom. The van der Waals surface area contributed by atoms with Gasteiger partial charge in [-0.05, 0) is 63.0 Å². The average Bonchev–Trinajstić information content (AvgIpc) is 3.14. The van der Waals surface area contributed by atoms with Gasteiger partial charge in [-0.15, -0.1) is 0 Å². The Morgan fingerprint density at radius 2 is 1.81 bits per heavy atom. The van der Waals surface area contributed by atoms with Gasteiger partial charge in [0.25, 0.3) is 0 Å². The molecule has 27 heavy (non-hydrogen) atoms. The number of halogens is 1. The van der Waals surface area contributed by atoms with E-state index in [0.29, 0.717) is 43.5 Å². The van der Waals surface area contributed by atoms with E-state index in [1.54, 1.807) is 12.1 Å². The molecule has 6 nitrogen and oxygen atoms in total. The molecule has 0 unspecified atom stereocenters. The summed E-state index contributed by atoms with van der Waals surface area (Å²) in [6.07, 6.45) is 3.43. The number of amides is 1. The molecule has 8 heteroatoms. The van der Waals surface area contributed by atoms with Crippen LogP contribution in [-0.2, 0) is 14.8 Å². The molecule has 0 radical (unpaired) electrons. The summed E-state index contributed by atoms with van der Waals surface area (Å²) in [5.41, 5.74) is 0. The molecule has 2 heterocycles. The molecule has 0 spiro atoms. The first-order valence-corrected chi connectivity index (χ1v) is 11.5. The molecule has 0 bridgehead atoms. The molecule has 3 rings (SSSR count). The van der Waals surface area contributed by atoms with Crippen molar-refractivity contribution < 1.29 is 13.2 Å². The van der Waals surface area contributed by atoms with Crippen LogP contribution in [0, 0.1) is 5.92 Å². The van der Waals surface area contributed by atoms with Gasteiger partial charge in [0.15, 0.2) is 0 Å². The van der Waals surface area contributed by atoms with Crippen LogP contribution in [0.2, 0.25) is 5.02 Å². The molecule has 150 valence electrons.